The normalized spacial score (nSPS) is 10.2. The molecule has 19 heavy (non-hydrogen) atoms. The lowest BCUT2D eigenvalue weighted by atomic mass is 10.3. The minimum absolute atomic E-state index is 0. The predicted octanol–water partition coefficient (Wildman–Crippen LogP) is 2.49. The molecule has 0 bridgehead atoms. The Morgan fingerprint density at radius 3 is 2.63 bits per heavy atom. The van der Waals surface area contributed by atoms with E-state index in [1.807, 2.05) is 17.1 Å². The SMILES string of the molecule is CCCn1cc(CNc2cnn(CCF)c2)cn1.Cl. The van der Waals surface area contributed by atoms with Crippen LogP contribution in [0.25, 0.3) is 0 Å². The molecular formula is C12H19ClFN5. The lowest BCUT2D eigenvalue weighted by Gasteiger charge is -2.00. The summed E-state index contributed by atoms with van der Waals surface area (Å²) >= 11 is 0. The lowest BCUT2D eigenvalue weighted by Crippen LogP contribution is -2.00. The van der Waals surface area contributed by atoms with Gasteiger partial charge in [-0.1, -0.05) is 6.92 Å². The van der Waals surface area contributed by atoms with Crippen molar-refractivity contribution in [3.8, 4) is 0 Å². The maximum Gasteiger partial charge on any atom is 0.109 e. The van der Waals surface area contributed by atoms with Gasteiger partial charge in [-0.3, -0.25) is 9.36 Å². The minimum Gasteiger partial charge on any atom is -0.378 e. The van der Waals surface area contributed by atoms with Gasteiger partial charge >= 0.3 is 0 Å². The largest absolute Gasteiger partial charge is 0.378 e. The fourth-order valence-corrected chi connectivity index (χ4v) is 1.72. The molecule has 2 aromatic heterocycles. The van der Waals surface area contributed by atoms with E-state index in [2.05, 4.69) is 22.4 Å². The number of hydrogen-bond acceptors (Lipinski definition) is 3. The van der Waals surface area contributed by atoms with Crippen molar-refractivity contribution in [1.29, 1.82) is 0 Å². The van der Waals surface area contributed by atoms with Crippen molar-refractivity contribution < 1.29 is 4.39 Å². The van der Waals surface area contributed by atoms with Gasteiger partial charge in [0.25, 0.3) is 0 Å². The summed E-state index contributed by atoms with van der Waals surface area (Å²) in [6.45, 7) is 3.67. The molecule has 0 fully saturated rings. The minimum atomic E-state index is -0.398. The van der Waals surface area contributed by atoms with E-state index in [0.29, 0.717) is 13.1 Å². The summed E-state index contributed by atoms with van der Waals surface area (Å²) in [4.78, 5) is 0. The second kappa shape index (κ2) is 7.78. The van der Waals surface area contributed by atoms with Gasteiger partial charge in [-0.15, -0.1) is 12.4 Å². The molecule has 0 saturated carbocycles. The zero-order valence-electron chi connectivity index (χ0n) is 10.9. The summed E-state index contributed by atoms with van der Waals surface area (Å²) in [5.41, 5.74) is 2.02. The second-order valence-electron chi connectivity index (χ2n) is 4.15. The molecule has 0 unspecified atom stereocenters. The highest BCUT2D eigenvalue weighted by Gasteiger charge is 2.00. The molecule has 0 amide bonds. The number of halogens is 2. The summed E-state index contributed by atoms with van der Waals surface area (Å²) in [6, 6.07) is 0. The summed E-state index contributed by atoms with van der Waals surface area (Å²) in [6.07, 6.45) is 8.46. The third kappa shape index (κ3) is 4.55. The average molecular weight is 288 g/mol. The molecule has 0 atom stereocenters. The van der Waals surface area contributed by atoms with E-state index < -0.39 is 6.67 Å². The summed E-state index contributed by atoms with van der Waals surface area (Å²) in [7, 11) is 0. The smallest absolute Gasteiger partial charge is 0.109 e. The molecule has 2 aromatic rings. The van der Waals surface area contributed by atoms with E-state index in [9.17, 15) is 4.39 Å². The Bertz CT molecular complexity index is 438. The van der Waals surface area contributed by atoms with E-state index in [0.717, 1.165) is 24.2 Å². The Labute approximate surface area is 118 Å². The number of aromatic nitrogens is 4. The Hall–Kier alpha value is -1.56. The molecule has 2 rings (SSSR count). The first-order chi connectivity index (χ1) is 8.81. The van der Waals surface area contributed by atoms with Crippen molar-refractivity contribution in [1.82, 2.24) is 19.6 Å². The fourth-order valence-electron chi connectivity index (χ4n) is 1.72. The molecule has 0 aliphatic carbocycles. The van der Waals surface area contributed by atoms with Crippen LogP contribution in [0, 0.1) is 0 Å². The first-order valence-electron chi connectivity index (χ1n) is 6.15. The van der Waals surface area contributed by atoms with Gasteiger partial charge in [0.15, 0.2) is 0 Å². The maximum absolute atomic E-state index is 12.1. The maximum atomic E-state index is 12.1. The summed E-state index contributed by atoms with van der Waals surface area (Å²) < 4.78 is 15.6. The highest BCUT2D eigenvalue weighted by molar-refractivity contribution is 5.85. The Balaban J connectivity index is 0.00000180. The summed E-state index contributed by atoms with van der Waals surface area (Å²) in [5, 5.41) is 11.5. The molecule has 0 aliphatic rings. The fraction of sp³-hybridized carbons (Fsp3) is 0.500. The standard InChI is InChI=1S/C12H18FN5.ClH/c1-2-4-17-9-11(7-15-17)6-14-12-8-16-18(10-12)5-3-13;/h7-10,14H,2-6H2,1H3;1H. The zero-order valence-corrected chi connectivity index (χ0v) is 11.7. The highest BCUT2D eigenvalue weighted by atomic mass is 35.5. The van der Waals surface area contributed by atoms with Crippen molar-refractivity contribution in [2.24, 2.45) is 0 Å². The van der Waals surface area contributed by atoms with Gasteiger partial charge in [0, 0.05) is 31.0 Å². The van der Waals surface area contributed by atoms with Crippen LogP contribution in [-0.4, -0.2) is 26.2 Å². The van der Waals surface area contributed by atoms with Crippen molar-refractivity contribution in [2.75, 3.05) is 12.0 Å². The van der Waals surface area contributed by atoms with Crippen molar-refractivity contribution in [2.45, 2.75) is 33.0 Å². The number of anilines is 1. The van der Waals surface area contributed by atoms with Crippen LogP contribution in [0.3, 0.4) is 0 Å². The van der Waals surface area contributed by atoms with Crippen LogP contribution in [-0.2, 0) is 19.6 Å². The monoisotopic (exact) mass is 287 g/mol. The molecule has 5 nitrogen and oxygen atoms in total. The van der Waals surface area contributed by atoms with Crippen LogP contribution < -0.4 is 5.32 Å². The van der Waals surface area contributed by atoms with E-state index in [4.69, 9.17) is 0 Å². The zero-order chi connectivity index (χ0) is 12.8. The quantitative estimate of drug-likeness (QED) is 0.851. The number of rotatable bonds is 7. The number of hydrogen-bond donors (Lipinski definition) is 1. The molecule has 7 heteroatoms. The van der Waals surface area contributed by atoms with Gasteiger partial charge in [-0.05, 0) is 6.42 Å². The molecule has 2 heterocycles. The van der Waals surface area contributed by atoms with Gasteiger partial charge in [-0.2, -0.15) is 10.2 Å². The average Bonchev–Trinajstić information content (AvgIpc) is 2.97. The molecule has 0 aromatic carbocycles. The predicted molar refractivity (Wildman–Crippen MR) is 75.3 cm³/mol. The molecular weight excluding hydrogens is 269 g/mol. The topological polar surface area (TPSA) is 47.7 Å². The van der Waals surface area contributed by atoms with Crippen molar-refractivity contribution >= 4 is 18.1 Å². The van der Waals surface area contributed by atoms with Gasteiger partial charge in [0.2, 0.25) is 0 Å². The van der Waals surface area contributed by atoms with Crippen molar-refractivity contribution in [3.05, 3.63) is 30.4 Å². The highest BCUT2D eigenvalue weighted by Crippen LogP contribution is 2.08. The number of alkyl halides is 1. The van der Waals surface area contributed by atoms with E-state index >= 15 is 0 Å². The Kier molecular flexibility index (Phi) is 6.35. The first kappa shape index (κ1) is 15.5. The van der Waals surface area contributed by atoms with Crippen LogP contribution >= 0.6 is 12.4 Å². The molecule has 0 aliphatic heterocycles. The lowest BCUT2D eigenvalue weighted by molar-refractivity contribution is 0.427. The molecule has 106 valence electrons. The Morgan fingerprint density at radius 2 is 1.89 bits per heavy atom. The molecule has 0 saturated heterocycles. The van der Waals surface area contributed by atoms with Crippen LogP contribution in [0.2, 0.25) is 0 Å². The summed E-state index contributed by atoms with van der Waals surface area (Å²) in [5.74, 6) is 0. The molecule has 1 N–H and O–H groups in total. The molecule has 0 radical (unpaired) electrons. The van der Waals surface area contributed by atoms with Crippen LogP contribution in [0.4, 0.5) is 10.1 Å². The van der Waals surface area contributed by atoms with Crippen LogP contribution in [0.15, 0.2) is 24.8 Å². The number of nitrogens with one attached hydrogen (secondary N) is 1. The van der Waals surface area contributed by atoms with E-state index in [1.54, 1.807) is 17.1 Å². The van der Waals surface area contributed by atoms with Crippen molar-refractivity contribution in [3.63, 3.8) is 0 Å². The van der Waals surface area contributed by atoms with E-state index in [1.165, 1.54) is 0 Å². The number of aryl methyl sites for hydroxylation is 2. The van der Waals surface area contributed by atoms with Gasteiger partial charge in [-0.25, -0.2) is 4.39 Å². The number of nitrogens with zero attached hydrogens (tertiary/aromatic N) is 4. The molecule has 0 spiro atoms. The van der Waals surface area contributed by atoms with Gasteiger partial charge < -0.3 is 5.32 Å². The van der Waals surface area contributed by atoms with E-state index in [-0.39, 0.29) is 12.4 Å². The van der Waals surface area contributed by atoms with Crippen LogP contribution in [0.1, 0.15) is 18.9 Å². The van der Waals surface area contributed by atoms with Gasteiger partial charge in [0.05, 0.1) is 24.6 Å². The van der Waals surface area contributed by atoms with Crippen LogP contribution in [0.5, 0.6) is 0 Å². The Morgan fingerprint density at radius 1 is 1.16 bits per heavy atom. The third-order valence-corrected chi connectivity index (χ3v) is 2.58. The first-order valence-corrected chi connectivity index (χ1v) is 6.15. The second-order valence-corrected chi connectivity index (χ2v) is 4.15. The van der Waals surface area contributed by atoms with Gasteiger partial charge in [0.1, 0.15) is 6.67 Å². The third-order valence-electron chi connectivity index (χ3n) is 2.58.